The van der Waals surface area contributed by atoms with Gasteiger partial charge in [0.25, 0.3) is 5.69 Å². The SMILES string of the molecule is CC[NH+]1CCN(Sc2ccccc2[N+](=O)[O-])CC1. The maximum Gasteiger partial charge on any atom is 0.284 e. The van der Waals surface area contributed by atoms with Crippen LogP contribution in [0.4, 0.5) is 5.69 Å². The number of quaternary nitrogens is 1. The average molecular weight is 268 g/mol. The molecule has 0 radical (unpaired) electrons. The fraction of sp³-hybridized carbons (Fsp3) is 0.500. The van der Waals surface area contributed by atoms with Gasteiger partial charge in [0.15, 0.2) is 0 Å². The standard InChI is InChI=1S/C12H17N3O2S/c1-2-13-7-9-14(10-8-13)18-12-6-4-3-5-11(12)15(16)17/h3-6H,2,7-10H2,1H3/p+1. The Bertz CT molecular complexity index is 420. The number of para-hydroxylation sites is 1. The zero-order valence-corrected chi connectivity index (χ0v) is 11.3. The number of benzene rings is 1. The number of hydrogen-bond donors (Lipinski definition) is 1. The molecule has 0 spiro atoms. The van der Waals surface area contributed by atoms with Crippen LogP contribution in [0.5, 0.6) is 0 Å². The molecular weight excluding hydrogens is 250 g/mol. The Morgan fingerprint density at radius 2 is 2.06 bits per heavy atom. The predicted molar refractivity (Wildman–Crippen MR) is 71.8 cm³/mol. The van der Waals surface area contributed by atoms with Gasteiger partial charge >= 0.3 is 0 Å². The molecule has 98 valence electrons. The Balaban J connectivity index is 2.00. The van der Waals surface area contributed by atoms with Gasteiger partial charge in [-0.2, -0.15) is 0 Å². The first-order valence-corrected chi connectivity index (χ1v) is 6.98. The summed E-state index contributed by atoms with van der Waals surface area (Å²) in [5.41, 5.74) is 0.202. The van der Waals surface area contributed by atoms with Crippen molar-refractivity contribution in [2.24, 2.45) is 0 Å². The third-order valence-corrected chi connectivity index (χ3v) is 4.38. The molecule has 1 aromatic carbocycles. The smallest absolute Gasteiger partial charge is 0.284 e. The topological polar surface area (TPSA) is 50.8 Å². The molecule has 1 aromatic rings. The molecule has 0 aromatic heterocycles. The zero-order valence-electron chi connectivity index (χ0n) is 10.5. The van der Waals surface area contributed by atoms with E-state index in [1.165, 1.54) is 11.9 Å². The van der Waals surface area contributed by atoms with Gasteiger partial charge in [0.05, 0.1) is 37.6 Å². The first-order valence-electron chi connectivity index (χ1n) is 6.20. The first-order chi connectivity index (χ1) is 8.70. The molecule has 1 N–H and O–H groups in total. The van der Waals surface area contributed by atoms with Crippen molar-refractivity contribution in [1.29, 1.82) is 0 Å². The largest absolute Gasteiger partial charge is 0.333 e. The maximum absolute atomic E-state index is 10.9. The molecule has 1 saturated heterocycles. The lowest BCUT2D eigenvalue weighted by Crippen LogP contribution is -3.14. The third-order valence-electron chi connectivity index (χ3n) is 3.22. The highest BCUT2D eigenvalue weighted by molar-refractivity contribution is 7.97. The minimum atomic E-state index is -0.310. The van der Waals surface area contributed by atoms with Crippen LogP contribution in [0.2, 0.25) is 0 Å². The summed E-state index contributed by atoms with van der Waals surface area (Å²) >= 11 is 1.51. The second kappa shape index (κ2) is 6.17. The van der Waals surface area contributed by atoms with Crippen LogP contribution in [0, 0.1) is 10.1 Å². The van der Waals surface area contributed by atoms with E-state index in [0.29, 0.717) is 0 Å². The second-order valence-corrected chi connectivity index (χ2v) is 5.49. The van der Waals surface area contributed by atoms with Gasteiger partial charge in [-0.25, -0.2) is 4.31 Å². The van der Waals surface area contributed by atoms with Gasteiger partial charge in [0.1, 0.15) is 4.90 Å². The van der Waals surface area contributed by atoms with E-state index in [4.69, 9.17) is 0 Å². The Kier molecular flexibility index (Phi) is 4.57. The van der Waals surface area contributed by atoms with E-state index in [2.05, 4.69) is 11.2 Å². The number of nitro benzene ring substituents is 1. The van der Waals surface area contributed by atoms with Gasteiger partial charge in [-0.15, -0.1) is 0 Å². The molecule has 0 amide bonds. The predicted octanol–water partition coefficient (Wildman–Crippen LogP) is 0.822. The maximum atomic E-state index is 10.9. The molecule has 1 heterocycles. The summed E-state index contributed by atoms with van der Waals surface area (Å²) in [5, 5.41) is 10.9. The first kappa shape index (κ1) is 13.3. The van der Waals surface area contributed by atoms with Crippen molar-refractivity contribution in [1.82, 2.24) is 4.31 Å². The average Bonchev–Trinajstić information content (AvgIpc) is 2.40. The van der Waals surface area contributed by atoms with E-state index < -0.39 is 0 Å². The number of rotatable bonds is 4. The van der Waals surface area contributed by atoms with Gasteiger partial charge in [-0.3, -0.25) is 10.1 Å². The molecule has 0 atom stereocenters. The lowest BCUT2D eigenvalue weighted by molar-refractivity contribution is -0.901. The summed E-state index contributed by atoms with van der Waals surface area (Å²) in [4.78, 5) is 13.0. The van der Waals surface area contributed by atoms with Crippen molar-refractivity contribution in [3.8, 4) is 0 Å². The van der Waals surface area contributed by atoms with Crippen LogP contribution in [0.15, 0.2) is 29.2 Å². The van der Waals surface area contributed by atoms with Crippen LogP contribution in [-0.2, 0) is 0 Å². The van der Waals surface area contributed by atoms with E-state index >= 15 is 0 Å². The Morgan fingerprint density at radius 3 is 2.67 bits per heavy atom. The Hall–Kier alpha value is -1.11. The van der Waals surface area contributed by atoms with Crippen LogP contribution >= 0.6 is 11.9 Å². The van der Waals surface area contributed by atoms with Gasteiger partial charge in [0, 0.05) is 6.07 Å². The van der Waals surface area contributed by atoms with Gasteiger partial charge in [0.2, 0.25) is 0 Å². The van der Waals surface area contributed by atoms with E-state index in [1.807, 2.05) is 12.1 Å². The molecule has 0 unspecified atom stereocenters. The highest BCUT2D eigenvalue weighted by atomic mass is 32.2. The zero-order chi connectivity index (χ0) is 13.0. The molecule has 0 bridgehead atoms. The van der Waals surface area contributed by atoms with E-state index in [9.17, 15) is 10.1 Å². The molecular formula is C12H18N3O2S+. The van der Waals surface area contributed by atoms with Gasteiger partial charge < -0.3 is 4.90 Å². The Morgan fingerprint density at radius 1 is 1.39 bits per heavy atom. The van der Waals surface area contributed by atoms with Crippen molar-refractivity contribution in [3.63, 3.8) is 0 Å². The van der Waals surface area contributed by atoms with Crippen molar-refractivity contribution < 1.29 is 9.82 Å². The fourth-order valence-electron chi connectivity index (χ4n) is 2.07. The van der Waals surface area contributed by atoms with Crippen LogP contribution in [0.3, 0.4) is 0 Å². The van der Waals surface area contributed by atoms with E-state index in [1.54, 1.807) is 17.0 Å². The lowest BCUT2D eigenvalue weighted by Gasteiger charge is -2.30. The molecule has 1 fully saturated rings. The minimum Gasteiger partial charge on any atom is -0.333 e. The van der Waals surface area contributed by atoms with Crippen LogP contribution in [-0.4, -0.2) is 42.0 Å². The molecule has 5 nitrogen and oxygen atoms in total. The molecule has 0 aliphatic carbocycles. The second-order valence-electron chi connectivity index (χ2n) is 4.35. The molecule has 0 saturated carbocycles. The fourth-order valence-corrected chi connectivity index (χ4v) is 3.09. The Labute approximate surface area is 111 Å². The number of nitrogens with one attached hydrogen (secondary N) is 1. The summed E-state index contributed by atoms with van der Waals surface area (Å²) < 4.78 is 2.22. The number of nitro groups is 1. The third kappa shape index (κ3) is 3.22. The normalized spacial score (nSPS) is 17.8. The van der Waals surface area contributed by atoms with E-state index in [0.717, 1.165) is 37.6 Å². The summed E-state index contributed by atoms with van der Waals surface area (Å²) in [6.45, 7) is 7.55. The number of hydrogen-bond acceptors (Lipinski definition) is 4. The molecule has 6 heteroatoms. The van der Waals surface area contributed by atoms with Gasteiger partial charge in [-0.05, 0) is 24.9 Å². The van der Waals surface area contributed by atoms with Crippen molar-refractivity contribution in [2.75, 3.05) is 32.7 Å². The number of nitrogens with zero attached hydrogens (tertiary/aromatic N) is 2. The molecule has 2 rings (SSSR count). The molecule has 1 aliphatic rings. The van der Waals surface area contributed by atoms with Crippen LogP contribution in [0.1, 0.15) is 6.92 Å². The monoisotopic (exact) mass is 268 g/mol. The highest BCUT2D eigenvalue weighted by Crippen LogP contribution is 2.30. The highest BCUT2D eigenvalue weighted by Gasteiger charge is 2.22. The van der Waals surface area contributed by atoms with Crippen molar-refractivity contribution >= 4 is 17.6 Å². The summed E-state index contributed by atoms with van der Waals surface area (Å²) in [5.74, 6) is 0. The lowest BCUT2D eigenvalue weighted by atomic mass is 10.3. The number of piperazine rings is 1. The minimum absolute atomic E-state index is 0.202. The summed E-state index contributed by atoms with van der Waals surface area (Å²) in [7, 11) is 0. The summed E-state index contributed by atoms with van der Waals surface area (Å²) in [6, 6.07) is 6.95. The van der Waals surface area contributed by atoms with Gasteiger partial charge in [-0.1, -0.05) is 12.1 Å². The quantitative estimate of drug-likeness (QED) is 0.499. The van der Waals surface area contributed by atoms with E-state index in [-0.39, 0.29) is 10.6 Å². The van der Waals surface area contributed by atoms with Crippen LogP contribution < -0.4 is 4.90 Å². The van der Waals surface area contributed by atoms with Crippen molar-refractivity contribution in [2.45, 2.75) is 11.8 Å². The molecule has 1 aliphatic heterocycles. The van der Waals surface area contributed by atoms with Crippen molar-refractivity contribution in [3.05, 3.63) is 34.4 Å². The summed E-state index contributed by atoms with van der Waals surface area (Å²) in [6.07, 6.45) is 0. The molecule has 18 heavy (non-hydrogen) atoms. The number of likely N-dealkylation sites (N-methyl/N-ethyl adjacent to an activating group) is 1. The van der Waals surface area contributed by atoms with Crippen LogP contribution in [0.25, 0.3) is 0 Å².